The van der Waals surface area contributed by atoms with Crippen LogP contribution < -0.4 is 0 Å². The smallest absolute Gasteiger partial charge is 0.309 e. The maximum Gasteiger partial charge on any atom is 0.309 e. The number of carbonyl (C=O) groups excluding carboxylic acids is 1. The molecule has 3 nitrogen and oxygen atoms in total. The van der Waals surface area contributed by atoms with Crippen molar-refractivity contribution >= 4 is 29.2 Å². The summed E-state index contributed by atoms with van der Waals surface area (Å²) < 4.78 is 10.8. The third-order valence-electron chi connectivity index (χ3n) is 5.87. The summed E-state index contributed by atoms with van der Waals surface area (Å²) in [5.41, 5.74) is 1.06. The monoisotopic (exact) mass is 356 g/mol. The summed E-state index contributed by atoms with van der Waals surface area (Å²) in [6.45, 7) is 2.23. The summed E-state index contributed by atoms with van der Waals surface area (Å²) >= 11 is 12.2. The standard InChI is InChI=1S/C18H22Cl2O3/c1-9-11-6-12(10-4-5-13(19)14(20)7-10)17(18(21)23-3)16(9)15(8-11)22-2/h4-5,7,9,11-12,15-17H,6,8H2,1-3H3/t9?,11-,12+,15-,16-,17+/m1/s1. The van der Waals surface area contributed by atoms with Crippen molar-refractivity contribution in [2.45, 2.75) is 31.8 Å². The summed E-state index contributed by atoms with van der Waals surface area (Å²) in [4.78, 5) is 12.6. The third kappa shape index (κ3) is 2.88. The highest BCUT2D eigenvalue weighted by atomic mass is 35.5. The van der Waals surface area contributed by atoms with E-state index < -0.39 is 0 Å². The Hall–Kier alpha value is -0.770. The molecule has 0 aliphatic heterocycles. The first-order valence-electron chi connectivity index (χ1n) is 8.03. The quantitative estimate of drug-likeness (QED) is 0.744. The van der Waals surface area contributed by atoms with Crippen LogP contribution in [0.5, 0.6) is 0 Å². The molecular formula is C18H22Cl2O3. The highest BCUT2D eigenvalue weighted by molar-refractivity contribution is 6.42. The molecule has 2 aliphatic carbocycles. The van der Waals surface area contributed by atoms with Crippen molar-refractivity contribution in [1.82, 2.24) is 0 Å². The maximum atomic E-state index is 12.6. The Morgan fingerprint density at radius 3 is 2.52 bits per heavy atom. The van der Waals surface area contributed by atoms with Crippen LogP contribution >= 0.6 is 23.2 Å². The number of esters is 1. The number of fused-ring (bicyclic) bond motifs is 2. The molecule has 0 N–H and O–H groups in total. The molecular weight excluding hydrogens is 335 g/mol. The van der Waals surface area contributed by atoms with Gasteiger partial charge in [0.2, 0.25) is 0 Å². The van der Waals surface area contributed by atoms with Crippen LogP contribution in [-0.2, 0) is 14.3 Å². The molecule has 0 heterocycles. The van der Waals surface area contributed by atoms with Gasteiger partial charge in [-0.3, -0.25) is 4.79 Å². The van der Waals surface area contributed by atoms with E-state index in [-0.39, 0.29) is 29.8 Å². The molecule has 2 bridgehead atoms. The Balaban J connectivity index is 2.01. The number of hydrogen-bond acceptors (Lipinski definition) is 3. The Kier molecular flexibility index (Phi) is 4.91. The first-order valence-corrected chi connectivity index (χ1v) is 8.79. The Bertz CT molecular complexity index is 604. The van der Waals surface area contributed by atoms with E-state index in [0.717, 1.165) is 18.4 Å². The molecule has 126 valence electrons. The van der Waals surface area contributed by atoms with Crippen molar-refractivity contribution in [1.29, 1.82) is 0 Å². The summed E-state index contributed by atoms with van der Waals surface area (Å²) in [7, 11) is 3.20. The molecule has 0 amide bonds. The fourth-order valence-corrected chi connectivity index (χ4v) is 5.04. The largest absolute Gasteiger partial charge is 0.469 e. The lowest BCUT2D eigenvalue weighted by Crippen LogP contribution is -2.41. The van der Waals surface area contributed by atoms with Crippen LogP contribution in [0.2, 0.25) is 10.0 Å². The zero-order valence-electron chi connectivity index (χ0n) is 13.6. The van der Waals surface area contributed by atoms with Crippen LogP contribution in [0.25, 0.3) is 0 Å². The van der Waals surface area contributed by atoms with Gasteiger partial charge in [-0.1, -0.05) is 36.2 Å². The number of rotatable bonds is 3. The van der Waals surface area contributed by atoms with Gasteiger partial charge in [-0.15, -0.1) is 0 Å². The van der Waals surface area contributed by atoms with Gasteiger partial charge in [0.1, 0.15) is 0 Å². The predicted octanol–water partition coefficient (Wildman–Crippen LogP) is 4.56. The van der Waals surface area contributed by atoms with Crippen molar-refractivity contribution in [2.75, 3.05) is 14.2 Å². The molecule has 2 saturated carbocycles. The lowest BCUT2D eigenvalue weighted by Gasteiger charge is -2.40. The third-order valence-corrected chi connectivity index (χ3v) is 6.61. The second kappa shape index (κ2) is 6.62. The minimum absolute atomic E-state index is 0.101. The van der Waals surface area contributed by atoms with Gasteiger partial charge in [-0.2, -0.15) is 0 Å². The van der Waals surface area contributed by atoms with E-state index >= 15 is 0 Å². The van der Waals surface area contributed by atoms with E-state index in [1.165, 1.54) is 7.11 Å². The van der Waals surface area contributed by atoms with Gasteiger partial charge in [0.15, 0.2) is 0 Å². The number of halogens is 2. The van der Waals surface area contributed by atoms with E-state index in [1.54, 1.807) is 13.2 Å². The molecule has 2 aliphatic rings. The van der Waals surface area contributed by atoms with Crippen molar-refractivity contribution in [3.05, 3.63) is 33.8 Å². The zero-order chi connectivity index (χ0) is 16.7. The van der Waals surface area contributed by atoms with E-state index in [0.29, 0.717) is 21.9 Å². The van der Waals surface area contributed by atoms with E-state index in [4.69, 9.17) is 32.7 Å². The average Bonchev–Trinajstić information content (AvgIpc) is 2.75. The van der Waals surface area contributed by atoms with Gasteiger partial charge in [-0.05, 0) is 48.3 Å². The number of carbonyl (C=O) groups is 1. The molecule has 5 heteroatoms. The SMILES string of the molecule is COC(=O)[C@@H]1[C@@H]2C(C)[C@@H](C[C@H]2OC)C[C@H]1c1ccc(Cl)c(Cl)c1. The molecule has 1 unspecified atom stereocenters. The lowest BCUT2D eigenvalue weighted by molar-refractivity contribution is -0.152. The zero-order valence-corrected chi connectivity index (χ0v) is 15.1. The summed E-state index contributed by atoms with van der Waals surface area (Å²) in [6, 6.07) is 5.68. The lowest BCUT2D eigenvalue weighted by atomic mass is 9.64. The van der Waals surface area contributed by atoms with E-state index in [9.17, 15) is 4.79 Å². The molecule has 23 heavy (non-hydrogen) atoms. The minimum atomic E-state index is -0.198. The second-order valence-corrected chi connectivity index (χ2v) is 7.59. The maximum absolute atomic E-state index is 12.6. The molecule has 0 spiro atoms. The van der Waals surface area contributed by atoms with Crippen LogP contribution in [0.15, 0.2) is 18.2 Å². The number of methoxy groups -OCH3 is 2. The van der Waals surface area contributed by atoms with Gasteiger partial charge in [0, 0.05) is 13.0 Å². The molecule has 1 aromatic carbocycles. The molecule has 0 saturated heterocycles. The molecule has 1 aromatic rings. The Morgan fingerprint density at radius 1 is 1.17 bits per heavy atom. The summed E-state index contributed by atoms with van der Waals surface area (Å²) in [6.07, 6.45) is 2.08. The fourth-order valence-electron chi connectivity index (χ4n) is 4.73. The van der Waals surface area contributed by atoms with Gasteiger partial charge >= 0.3 is 5.97 Å². The Labute approximate surface area is 147 Å². The van der Waals surface area contributed by atoms with E-state index in [1.807, 2.05) is 12.1 Å². The van der Waals surface area contributed by atoms with Crippen molar-refractivity contribution < 1.29 is 14.3 Å². The second-order valence-electron chi connectivity index (χ2n) is 6.77. The van der Waals surface area contributed by atoms with Gasteiger partial charge in [0.05, 0.1) is 29.2 Å². The van der Waals surface area contributed by atoms with Crippen molar-refractivity contribution in [3.63, 3.8) is 0 Å². The minimum Gasteiger partial charge on any atom is -0.469 e. The molecule has 0 radical (unpaired) electrons. The van der Waals surface area contributed by atoms with Gasteiger partial charge in [-0.25, -0.2) is 0 Å². The molecule has 0 aromatic heterocycles. The Morgan fingerprint density at radius 2 is 1.91 bits per heavy atom. The highest BCUT2D eigenvalue weighted by Gasteiger charge is 2.55. The predicted molar refractivity (Wildman–Crippen MR) is 90.9 cm³/mol. The topological polar surface area (TPSA) is 35.5 Å². The molecule has 2 fully saturated rings. The highest BCUT2D eigenvalue weighted by Crippen LogP contribution is 2.56. The van der Waals surface area contributed by atoms with Crippen LogP contribution in [0.3, 0.4) is 0 Å². The van der Waals surface area contributed by atoms with Crippen LogP contribution in [-0.4, -0.2) is 26.3 Å². The molecule has 6 atom stereocenters. The average molecular weight is 357 g/mol. The van der Waals surface area contributed by atoms with E-state index in [2.05, 4.69) is 6.92 Å². The normalized spacial score (nSPS) is 36.0. The van der Waals surface area contributed by atoms with Crippen LogP contribution in [0.4, 0.5) is 0 Å². The number of hydrogen-bond donors (Lipinski definition) is 0. The first kappa shape index (κ1) is 17.1. The van der Waals surface area contributed by atoms with Gasteiger partial charge in [0.25, 0.3) is 0 Å². The van der Waals surface area contributed by atoms with Crippen molar-refractivity contribution in [2.24, 2.45) is 23.7 Å². The van der Waals surface area contributed by atoms with Crippen molar-refractivity contribution in [3.8, 4) is 0 Å². The molecule has 3 rings (SSSR count). The summed E-state index contributed by atoms with van der Waals surface area (Å²) in [5, 5.41) is 1.06. The van der Waals surface area contributed by atoms with Crippen LogP contribution in [0.1, 0.15) is 31.2 Å². The number of benzene rings is 1. The fraction of sp³-hybridized carbons (Fsp3) is 0.611. The number of ether oxygens (including phenoxy) is 2. The first-order chi connectivity index (χ1) is 11.0. The van der Waals surface area contributed by atoms with Crippen LogP contribution in [0, 0.1) is 23.7 Å². The summed E-state index contributed by atoms with van der Waals surface area (Å²) in [5.74, 6) is 0.957. The van der Waals surface area contributed by atoms with Gasteiger partial charge < -0.3 is 9.47 Å².